The van der Waals surface area contributed by atoms with Crippen LogP contribution in [0.3, 0.4) is 0 Å². The van der Waals surface area contributed by atoms with Gasteiger partial charge in [-0.3, -0.25) is 4.79 Å². The monoisotopic (exact) mass is 425 g/mol. The van der Waals surface area contributed by atoms with E-state index in [1.54, 1.807) is 0 Å². The number of halogens is 6. The third-order valence-electron chi connectivity index (χ3n) is 2.49. The van der Waals surface area contributed by atoms with Crippen molar-refractivity contribution >= 4 is 43.5 Å². The number of nitrogens with one attached hydrogen (secondary N) is 1. The summed E-state index contributed by atoms with van der Waals surface area (Å²) in [5.74, 6) is -5.26. The molecule has 0 unspecified atom stereocenters. The van der Waals surface area contributed by atoms with Gasteiger partial charge in [-0.05, 0) is 34.1 Å². The molecular weight excluding hydrogens is 422 g/mol. The molecule has 21 heavy (non-hydrogen) atoms. The van der Waals surface area contributed by atoms with Crippen molar-refractivity contribution < 1.29 is 22.4 Å². The molecule has 2 rings (SSSR count). The standard InChI is InChI=1S/C13H5Br2F4NO/c14-5-1-9(18)12(10(19)2-5)13(21)20-11-4-7(16)6(15)3-8(11)17/h1-4H,(H,20,21). The molecule has 0 spiro atoms. The largest absolute Gasteiger partial charge is 0.319 e. The summed E-state index contributed by atoms with van der Waals surface area (Å²) in [6.45, 7) is 0. The summed E-state index contributed by atoms with van der Waals surface area (Å²) in [5.41, 5.74) is -1.41. The van der Waals surface area contributed by atoms with Gasteiger partial charge in [-0.25, -0.2) is 17.6 Å². The molecule has 2 aromatic carbocycles. The Morgan fingerprint density at radius 3 is 2.00 bits per heavy atom. The van der Waals surface area contributed by atoms with E-state index in [1.807, 2.05) is 5.32 Å². The third-order valence-corrected chi connectivity index (χ3v) is 3.56. The molecule has 0 atom stereocenters. The summed E-state index contributed by atoms with van der Waals surface area (Å²) in [5, 5.41) is 1.93. The first-order valence-electron chi connectivity index (χ1n) is 5.40. The minimum Gasteiger partial charge on any atom is -0.319 e. The highest BCUT2D eigenvalue weighted by atomic mass is 79.9. The van der Waals surface area contributed by atoms with Crippen molar-refractivity contribution in [2.45, 2.75) is 0 Å². The smallest absolute Gasteiger partial charge is 0.261 e. The number of hydrogen-bond donors (Lipinski definition) is 1. The molecular formula is C13H5Br2F4NO. The van der Waals surface area contributed by atoms with E-state index in [4.69, 9.17) is 0 Å². The van der Waals surface area contributed by atoms with Crippen LogP contribution >= 0.6 is 31.9 Å². The third kappa shape index (κ3) is 3.44. The fraction of sp³-hybridized carbons (Fsp3) is 0. The van der Waals surface area contributed by atoms with Crippen molar-refractivity contribution in [1.29, 1.82) is 0 Å². The number of anilines is 1. The maximum absolute atomic E-state index is 13.6. The molecule has 0 aromatic heterocycles. The van der Waals surface area contributed by atoms with Crippen LogP contribution in [0, 0.1) is 23.3 Å². The Kier molecular flexibility index (Phi) is 4.67. The van der Waals surface area contributed by atoms with Crippen molar-refractivity contribution in [2.75, 3.05) is 5.32 Å². The molecule has 0 bridgehead atoms. The highest BCUT2D eigenvalue weighted by molar-refractivity contribution is 9.10. The molecule has 0 heterocycles. The minimum atomic E-state index is -1.22. The zero-order valence-corrected chi connectivity index (χ0v) is 13.2. The summed E-state index contributed by atoms with van der Waals surface area (Å²) in [6.07, 6.45) is 0. The molecule has 2 nitrogen and oxygen atoms in total. The lowest BCUT2D eigenvalue weighted by Crippen LogP contribution is -2.17. The van der Waals surface area contributed by atoms with E-state index in [0.29, 0.717) is 6.07 Å². The average molecular weight is 427 g/mol. The van der Waals surface area contributed by atoms with E-state index in [-0.39, 0.29) is 8.95 Å². The van der Waals surface area contributed by atoms with Gasteiger partial charge in [0.1, 0.15) is 28.8 Å². The van der Waals surface area contributed by atoms with Crippen LogP contribution in [0.25, 0.3) is 0 Å². The molecule has 1 amide bonds. The van der Waals surface area contributed by atoms with Gasteiger partial charge >= 0.3 is 0 Å². The van der Waals surface area contributed by atoms with E-state index in [1.165, 1.54) is 0 Å². The molecule has 110 valence electrons. The fourth-order valence-electron chi connectivity index (χ4n) is 1.56. The van der Waals surface area contributed by atoms with Crippen LogP contribution in [0.4, 0.5) is 23.2 Å². The Hall–Kier alpha value is -1.41. The van der Waals surface area contributed by atoms with Crippen LogP contribution in [-0.2, 0) is 0 Å². The predicted octanol–water partition coefficient (Wildman–Crippen LogP) is 5.02. The van der Waals surface area contributed by atoms with Crippen LogP contribution in [0.1, 0.15) is 10.4 Å². The molecule has 0 fully saturated rings. The topological polar surface area (TPSA) is 29.1 Å². The molecule has 0 aliphatic heterocycles. The van der Waals surface area contributed by atoms with Crippen molar-refractivity contribution in [1.82, 2.24) is 0 Å². The van der Waals surface area contributed by atoms with Gasteiger partial charge < -0.3 is 5.32 Å². The highest BCUT2D eigenvalue weighted by Gasteiger charge is 2.20. The summed E-state index contributed by atoms with van der Waals surface area (Å²) < 4.78 is 54.0. The number of carbonyl (C=O) groups excluding carboxylic acids is 1. The molecule has 0 aliphatic rings. The lowest BCUT2D eigenvalue weighted by Gasteiger charge is -2.09. The Balaban J connectivity index is 2.37. The van der Waals surface area contributed by atoms with Gasteiger partial charge in [0, 0.05) is 10.5 Å². The number of carbonyl (C=O) groups is 1. The van der Waals surface area contributed by atoms with E-state index in [0.717, 1.165) is 18.2 Å². The number of amides is 1. The predicted molar refractivity (Wildman–Crippen MR) is 76.1 cm³/mol. The van der Waals surface area contributed by atoms with Gasteiger partial charge in [-0.1, -0.05) is 15.9 Å². The summed E-state index contributed by atoms with van der Waals surface area (Å²) >= 11 is 5.64. The van der Waals surface area contributed by atoms with Gasteiger partial charge in [-0.15, -0.1) is 0 Å². The van der Waals surface area contributed by atoms with Crippen LogP contribution in [0.15, 0.2) is 33.2 Å². The van der Waals surface area contributed by atoms with Crippen LogP contribution in [0.5, 0.6) is 0 Å². The fourth-order valence-corrected chi connectivity index (χ4v) is 2.28. The lowest BCUT2D eigenvalue weighted by molar-refractivity contribution is 0.101. The number of rotatable bonds is 2. The zero-order chi connectivity index (χ0) is 15.7. The maximum atomic E-state index is 13.6. The van der Waals surface area contributed by atoms with E-state index in [9.17, 15) is 22.4 Å². The van der Waals surface area contributed by atoms with Gasteiger partial charge in [0.25, 0.3) is 5.91 Å². The Morgan fingerprint density at radius 1 is 0.857 bits per heavy atom. The Morgan fingerprint density at radius 2 is 1.43 bits per heavy atom. The molecule has 0 saturated heterocycles. The quantitative estimate of drug-likeness (QED) is 0.530. The molecule has 0 saturated carbocycles. The van der Waals surface area contributed by atoms with Gasteiger partial charge in [0.2, 0.25) is 0 Å². The summed E-state index contributed by atoms with van der Waals surface area (Å²) in [4.78, 5) is 11.8. The molecule has 0 aliphatic carbocycles. The molecule has 2 aromatic rings. The van der Waals surface area contributed by atoms with Crippen LogP contribution < -0.4 is 5.32 Å². The number of hydrogen-bond acceptors (Lipinski definition) is 1. The second-order valence-corrected chi connectivity index (χ2v) is 5.71. The van der Waals surface area contributed by atoms with Gasteiger partial charge in [0.15, 0.2) is 0 Å². The molecule has 1 N–H and O–H groups in total. The number of benzene rings is 2. The normalized spacial score (nSPS) is 10.6. The second-order valence-electron chi connectivity index (χ2n) is 3.94. The highest BCUT2D eigenvalue weighted by Crippen LogP contribution is 2.25. The van der Waals surface area contributed by atoms with Crippen molar-refractivity contribution in [3.8, 4) is 0 Å². The molecule has 0 radical (unpaired) electrons. The van der Waals surface area contributed by atoms with E-state index >= 15 is 0 Å². The van der Waals surface area contributed by atoms with Crippen molar-refractivity contribution in [2.24, 2.45) is 0 Å². The zero-order valence-electron chi connectivity index (χ0n) is 9.99. The minimum absolute atomic E-state index is 0.106. The van der Waals surface area contributed by atoms with Gasteiger partial charge in [0.05, 0.1) is 10.2 Å². The first kappa shape index (κ1) is 16.0. The second kappa shape index (κ2) is 6.15. The van der Waals surface area contributed by atoms with Crippen LogP contribution in [0.2, 0.25) is 0 Å². The van der Waals surface area contributed by atoms with Crippen LogP contribution in [-0.4, -0.2) is 5.91 Å². The first-order valence-corrected chi connectivity index (χ1v) is 6.98. The maximum Gasteiger partial charge on any atom is 0.261 e. The molecule has 8 heteroatoms. The SMILES string of the molecule is O=C(Nc1cc(F)c(Br)cc1F)c1c(F)cc(Br)cc1F. The van der Waals surface area contributed by atoms with E-state index in [2.05, 4.69) is 31.9 Å². The van der Waals surface area contributed by atoms with Gasteiger partial charge in [-0.2, -0.15) is 0 Å². The summed E-state index contributed by atoms with van der Waals surface area (Å²) in [7, 11) is 0. The van der Waals surface area contributed by atoms with Crippen molar-refractivity contribution in [3.05, 3.63) is 62.0 Å². The Labute approximate surface area is 133 Å². The first-order chi connectivity index (χ1) is 9.79. The van der Waals surface area contributed by atoms with Crippen molar-refractivity contribution in [3.63, 3.8) is 0 Å². The van der Waals surface area contributed by atoms with E-state index < -0.39 is 40.4 Å². The summed E-state index contributed by atoms with van der Waals surface area (Å²) in [6, 6.07) is 3.26. The average Bonchev–Trinajstić information content (AvgIpc) is 2.34. The Bertz CT molecular complexity index is 713. The lowest BCUT2D eigenvalue weighted by atomic mass is 10.1.